The lowest BCUT2D eigenvalue weighted by Gasteiger charge is -2.21. The summed E-state index contributed by atoms with van der Waals surface area (Å²) >= 11 is 0. The highest BCUT2D eigenvalue weighted by molar-refractivity contribution is 7.47. The number of hydrogen-bond acceptors (Lipinski definition) is 15. The smallest absolute Gasteiger partial charge is 0.462 e. The van der Waals surface area contributed by atoms with Crippen LogP contribution in [0.5, 0.6) is 0 Å². The fourth-order valence-corrected chi connectivity index (χ4v) is 13.3. The first-order valence-corrected chi connectivity index (χ1v) is 42.9. The van der Waals surface area contributed by atoms with E-state index in [1.807, 2.05) is 0 Å². The molecule has 96 heavy (non-hydrogen) atoms. The van der Waals surface area contributed by atoms with Crippen molar-refractivity contribution in [2.24, 2.45) is 17.8 Å². The van der Waals surface area contributed by atoms with Gasteiger partial charge in [0.2, 0.25) is 0 Å². The first-order chi connectivity index (χ1) is 46.3. The fraction of sp³-hybridized carbons (Fsp3) is 0.948. The third-order valence-corrected chi connectivity index (χ3v) is 20.1. The molecule has 0 bridgehead atoms. The summed E-state index contributed by atoms with van der Waals surface area (Å²) in [5.41, 5.74) is 0. The average molecular weight is 1410 g/mol. The Labute approximate surface area is 588 Å². The van der Waals surface area contributed by atoms with E-state index in [2.05, 4.69) is 48.5 Å². The second-order valence-electron chi connectivity index (χ2n) is 28.9. The van der Waals surface area contributed by atoms with E-state index in [9.17, 15) is 43.2 Å². The van der Waals surface area contributed by atoms with Gasteiger partial charge in [-0.25, -0.2) is 9.13 Å². The highest BCUT2D eigenvalue weighted by atomic mass is 31.2. The molecule has 0 aliphatic carbocycles. The molecule has 17 nitrogen and oxygen atoms in total. The van der Waals surface area contributed by atoms with Crippen LogP contribution in [0.25, 0.3) is 0 Å². The van der Waals surface area contributed by atoms with Gasteiger partial charge in [-0.05, 0) is 43.4 Å². The normalized spacial score (nSPS) is 14.3. The van der Waals surface area contributed by atoms with Crippen molar-refractivity contribution in [3.63, 3.8) is 0 Å². The number of phosphoric acid groups is 2. The van der Waals surface area contributed by atoms with E-state index in [0.29, 0.717) is 31.6 Å². The molecule has 0 aromatic heterocycles. The van der Waals surface area contributed by atoms with Crippen LogP contribution in [0.2, 0.25) is 0 Å². The van der Waals surface area contributed by atoms with Gasteiger partial charge in [0.05, 0.1) is 26.4 Å². The molecule has 0 fully saturated rings. The number of aliphatic hydroxyl groups excluding tert-OH is 1. The minimum atomic E-state index is -4.96. The largest absolute Gasteiger partial charge is 0.472 e. The molecular formula is C77H150O17P2. The molecule has 0 aromatic carbocycles. The Balaban J connectivity index is 5.24. The first-order valence-electron chi connectivity index (χ1n) is 39.9. The Hall–Kier alpha value is -1.94. The predicted molar refractivity (Wildman–Crippen MR) is 391 cm³/mol. The molecule has 0 saturated heterocycles. The molecule has 3 unspecified atom stereocenters. The highest BCUT2D eigenvalue weighted by Gasteiger charge is 2.30. The number of rotatable bonds is 75. The maximum atomic E-state index is 13.1. The van der Waals surface area contributed by atoms with Crippen molar-refractivity contribution in [3.8, 4) is 0 Å². The zero-order valence-electron chi connectivity index (χ0n) is 62.8. The maximum Gasteiger partial charge on any atom is 0.472 e. The van der Waals surface area contributed by atoms with Gasteiger partial charge in [0.25, 0.3) is 0 Å². The molecular weight excluding hydrogens is 1260 g/mol. The van der Waals surface area contributed by atoms with Crippen molar-refractivity contribution < 1.29 is 80.2 Å². The summed E-state index contributed by atoms with van der Waals surface area (Å²) in [6.07, 6.45) is 54.2. The zero-order chi connectivity index (χ0) is 70.9. The molecule has 570 valence electrons. The number of esters is 4. The van der Waals surface area contributed by atoms with E-state index in [4.69, 9.17) is 37.0 Å². The molecule has 3 N–H and O–H groups in total. The molecule has 0 spiro atoms. The van der Waals surface area contributed by atoms with E-state index in [1.54, 1.807) is 0 Å². The lowest BCUT2D eigenvalue weighted by molar-refractivity contribution is -0.161. The lowest BCUT2D eigenvalue weighted by Crippen LogP contribution is -2.30. The lowest BCUT2D eigenvalue weighted by atomic mass is 9.99. The van der Waals surface area contributed by atoms with Gasteiger partial charge in [0.1, 0.15) is 19.3 Å². The van der Waals surface area contributed by atoms with E-state index < -0.39 is 97.5 Å². The molecule has 0 amide bonds. The van der Waals surface area contributed by atoms with Crippen molar-refractivity contribution in [1.29, 1.82) is 0 Å². The molecule has 0 aliphatic rings. The zero-order valence-corrected chi connectivity index (χ0v) is 64.6. The minimum absolute atomic E-state index is 0.104. The Morgan fingerprint density at radius 3 is 0.792 bits per heavy atom. The fourth-order valence-electron chi connectivity index (χ4n) is 11.7. The van der Waals surface area contributed by atoms with Crippen molar-refractivity contribution in [1.82, 2.24) is 0 Å². The highest BCUT2D eigenvalue weighted by Crippen LogP contribution is 2.45. The summed E-state index contributed by atoms with van der Waals surface area (Å²) in [5.74, 6) is 0.137. The summed E-state index contributed by atoms with van der Waals surface area (Å²) in [7, 11) is -9.91. The summed E-state index contributed by atoms with van der Waals surface area (Å²) in [6.45, 7) is 11.9. The van der Waals surface area contributed by atoms with Crippen LogP contribution in [-0.4, -0.2) is 96.7 Å². The quantitative estimate of drug-likeness (QED) is 0.0222. The van der Waals surface area contributed by atoms with Gasteiger partial charge in [-0.15, -0.1) is 0 Å². The van der Waals surface area contributed by atoms with Gasteiger partial charge in [0.15, 0.2) is 12.2 Å². The third-order valence-electron chi connectivity index (χ3n) is 18.2. The topological polar surface area (TPSA) is 237 Å². The van der Waals surface area contributed by atoms with E-state index in [-0.39, 0.29) is 25.7 Å². The molecule has 0 aromatic rings. The van der Waals surface area contributed by atoms with E-state index >= 15 is 0 Å². The van der Waals surface area contributed by atoms with Crippen LogP contribution >= 0.6 is 15.6 Å². The Morgan fingerprint density at radius 1 is 0.302 bits per heavy atom. The number of unbranched alkanes of at least 4 members (excludes halogenated alkanes) is 42. The third kappa shape index (κ3) is 69.2. The van der Waals surface area contributed by atoms with Gasteiger partial charge < -0.3 is 33.8 Å². The van der Waals surface area contributed by atoms with Crippen LogP contribution in [-0.2, 0) is 65.4 Å². The van der Waals surface area contributed by atoms with Crippen molar-refractivity contribution >= 4 is 39.5 Å². The average Bonchev–Trinajstić information content (AvgIpc) is 1.21. The SMILES string of the molecule is CCCCCCCCCCCCCCCCCCCCCC(=O)O[C@H](COC(=O)CCCCCCCCCCCCCCC(C)C)COP(=O)(O)OC[C@@H](O)COP(=O)(O)OC[C@@H](COC(=O)CCCCCCCCCC(C)C)OC(=O)CCCCCCCCCCC(C)CC. The van der Waals surface area contributed by atoms with Crippen LogP contribution in [0.1, 0.15) is 395 Å². The van der Waals surface area contributed by atoms with Crippen LogP contribution in [0.15, 0.2) is 0 Å². The van der Waals surface area contributed by atoms with Crippen molar-refractivity contribution in [2.75, 3.05) is 39.6 Å². The molecule has 0 radical (unpaired) electrons. The molecule has 19 heteroatoms. The summed E-state index contributed by atoms with van der Waals surface area (Å²) in [5, 5.41) is 10.6. The molecule has 0 saturated carbocycles. The Kier molecular flexibility index (Phi) is 66.2. The minimum Gasteiger partial charge on any atom is -0.462 e. The number of carbonyl (C=O) groups excluding carboxylic acids is 4. The standard InChI is InChI=1S/C77H150O17P2/c1-8-10-11-12-13-14-15-16-17-18-19-20-21-22-27-30-38-46-53-60-76(81)93-72(64-87-74(79)58-51-44-37-29-26-24-23-25-28-34-41-48-55-68(3)4)66-91-95(83,84)89-62-71(78)63-90-96(85,86)92-67-73(65-88-75(80)59-52-45-40-33-35-42-49-56-69(5)6)94-77(82)61-54-47-39-32-31-36-43-50-57-70(7)9-2/h68-73,78H,8-67H2,1-7H3,(H,83,84)(H,85,86)/t70?,71-,72-,73-/m1/s1. The van der Waals surface area contributed by atoms with E-state index in [0.717, 1.165) is 108 Å². The second kappa shape index (κ2) is 67.5. The monoisotopic (exact) mass is 1410 g/mol. The summed E-state index contributed by atoms with van der Waals surface area (Å²) in [4.78, 5) is 72.8. The number of ether oxygens (including phenoxy) is 4. The van der Waals surface area contributed by atoms with Crippen molar-refractivity contribution in [2.45, 2.75) is 414 Å². The number of aliphatic hydroxyl groups is 1. The number of carbonyl (C=O) groups is 4. The number of hydrogen-bond donors (Lipinski definition) is 3. The van der Waals surface area contributed by atoms with Crippen LogP contribution < -0.4 is 0 Å². The Bertz CT molecular complexity index is 1870. The number of phosphoric ester groups is 2. The molecule has 0 aliphatic heterocycles. The van der Waals surface area contributed by atoms with Crippen molar-refractivity contribution in [3.05, 3.63) is 0 Å². The van der Waals surface area contributed by atoms with E-state index in [1.165, 1.54) is 199 Å². The molecule has 6 atom stereocenters. The van der Waals surface area contributed by atoms with Crippen LogP contribution in [0.4, 0.5) is 0 Å². The predicted octanol–water partition coefficient (Wildman–Crippen LogP) is 22.6. The second-order valence-corrected chi connectivity index (χ2v) is 31.8. The van der Waals surface area contributed by atoms with Gasteiger partial charge in [-0.3, -0.25) is 37.3 Å². The van der Waals surface area contributed by atoms with Gasteiger partial charge >= 0.3 is 39.5 Å². The summed E-state index contributed by atoms with van der Waals surface area (Å²) < 4.78 is 68.5. The van der Waals surface area contributed by atoms with Gasteiger partial charge in [-0.1, -0.05) is 344 Å². The molecule has 0 heterocycles. The first kappa shape index (κ1) is 94.1. The maximum absolute atomic E-state index is 13.1. The summed E-state index contributed by atoms with van der Waals surface area (Å²) in [6, 6.07) is 0. The van der Waals surface area contributed by atoms with Crippen LogP contribution in [0, 0.1) is 17.8 Å². The molecule has 0 rings (SSSR count). The van der Waals surface area contributed by atoms with Gasteiger partial charge in [0, 0.05) is 25.7 Å². The Morgan fingerprint density at radius 2 is 0.531 bits per heavy atom. The van der Waals surface area contributed by atoms with Crippen LogP contribution in [0.3, 0.4) is 0 Å². The van der Waals surface area contributed by atoms with Gasteiger partial charge in [-0.2, -0.15) is 0 Å².